The van der Waals surface area contributed by atoms with Crippen LogP contribution in [-0.4, -0.2) is 11.6 Å². The lowest BCUT2D eigenvalue weighted by Crippen LogP contribution is -1.98. The highest BCUT2D eigenvalue weighted by atomic mass is 79.9. The summed E-state index contributed by atoms with van der Waals surface area (Å²) in [6.45, 7) is 1.46. The normalized spacial score (nSPS) is 10.5. The summed E-state index contributed by atoms with van der Waals surface area (Å²) in [5.41, 5.74) is 2.33. The Hall–Kier alpha value is -1.19. The lowest BCUT2D eigenvalue weighted by molar-refractivity contribution is 0.118. The molecule has 0 aliphatic rings. The Morgan fingerprint density at radius 2 is 1.89 bits per heavy atom. The summed E-state index contributed by atoms with van der Waals surface area (Å²) in [5.74, 6) is 0. The quantitative estimate of drug-likeness (QED) is 0.753. The number of hydrogen-bond acceptors (Lipinski definition) is 2. The first-order chi connectivity index (χ1) is 8.84. The van der Waals surface area contributed by atoms with Crippen LogP contribution in [0.2, 0.25) is 0 Å². The molecule has 18 heavy (non-hydrogen) atoms. The topological polar surface area (TPSA) is 22.1 Å². The van der Waals surface area contributed by atoms with Crippen LogP contribution in [0.1, 0.15) is 17.7 Å². The number of rotatable bonds is 6. The average molecular weight is 306 g/mol. The van der Waals surface area contributed by atoms with Crippen LogP contribution in [0.4, 0.5) is 0 Å². The summed E-state index contributed by atoms with van der Waals surface area (Å²) in [6.07, 6.45) is 3.80. The Morgan fingerprint density at radius 1 is 1.06 bits per heavy atom. The second-order valence-electron chi connectivity index (χ2n) is 4.11. The zero-order chi connectivity index (χ0) is 12.6. The molecule has 1 aromatic carbocycles. The van der Waals surface area contributed by atoms with Gasteiger partial charge in [0.05, 0.1) is 6.61 Å². The molecular formula is C15H16BrNO. The minimum atomic E-state index is 0.689. The third-order valence-corrected chi connectivity index (χ3v) is 3.09. The van der Waals surface area contributed by atoms with Gasteiger partial charge in [0.2, 0.25) is 0 Å². The Bertz CT molecular complexity index is 456. The summed E-state index contributed by atoms with van der Waals surface area (Å²) in [5, 5.41) is 0. The Labute approximate surface area is 116 Å². The maximum absolute atomic E-state index is 5.63. The molecule has 0 spiro atoms. The minimum Gasteiger partial charge on any atom is -0.377 e. The molecule has 2 aromatic rings. The summed E-state index contributed by atoms with van der Waals surface area (Å²) in [4.78, 5) is 4.33. The van der Waals surface area contributed by atoms with Gasteiger partial charge in [0.1, 0.15) is 0 Å². The van der Waals surface area contributed by atoms with Gasteiger partial charge in [-0.05, 0) is 46.5 Å². The number of nitrogens with zero attached hydrogens (tertiary/aromatic N) is 1. The molecular weight excluding hydrogens is 290 g/mol. The highest BCUT2D eigenvalue weighted by Gasteiger charge is 1.96. The largest absolute Gasteiger partial charge is 0.377 e. The first-order valence-electron chi connectivity index (χ1n) is 6.07. The number of aryl methyl sites for hydroxylation is 1. The minimum absolute atomic E-state index is 0.689. The second-order valence-corrected chi connectivity index (χ2v) is 5.03. The van der Waals surface area contributed by atoms with Crippen LogP contribution in [0.25, 0.3) is 0 Å². The summed E-state index contributed by atoms with van der Waals surface area (Å²) in [6, 6.07) is 14.3. The Kier molecular flexibility index (Phi) is 5.36. The van der Waals surface area contributed by atoms with E-state index in [4.69, 9.17) is 4.74 Å². The predicted octanol–water partition coefficient (Wildman–Crippen LogP) is 3.99. The van der Waals surface area contributed by atoms with Crippen LogP contribution in [0.15, 0.2) is 53.1 Å². The molecule has 1 heterocycles. The van der Waals surface area contributed by atoms with Crippen LogP contribution in [0.5, 0.6) is 0 Å². The lowest BCUT2D eigenvalue weighted by atomic mass is 10.2. The van der Waals surface area contributed by atoms with Crippen molar-refractivity contribution in [1.82, 2.24) is 4.98 Å². The van der Waals surface area contributed by atoms with E-state index in [0.29, 0.717) is 6.61 Å². The first kappa shape index (κ1) is 13.2. The van der Waals surface area contributed by atoms with Gasteiger partial charge in [-0.25, -0.2) is 0 Å². The zero-order valence-electron chi connectivity index (χ0n) is 10.2. The third-order valence-electron chi connectivity index (χ3n) is 2.62. The van der Waals surface area contributed by atoms with Gasteiger partial charge >= 0.3 is 0 Å². The van der Waals surface area contributed by atoms with E-state index >= 15 is 0 Å². The van der Waals surface area contributed by atoms with Gasteiger partial charge in [-0.1, -0.05) is 30.3 Å². The van der Waals surface area contributed by atoms with Gasteiger partial charge in [0, 0.05) is 23.0 Å². The van der Waals surface area contributed by atoms with Crippen molar-refractivity contribution in [1.29, 1.82) is 0 Å². The van der Waals surface area contributed by atoms with Crippen molar-refractivity contribution < 1.29 is 4.74 Å². The standard InChI is InChI=1S/C15H16BrNO/c16-14-8-9-15(17-11-14)7-4-10-18-12-13-5-2-1-3-6-13/h1-3,5-6,8-9,11H,4,7,10,12H2. The maximum atomic E-state index is 5.63. The van der Waals surface area contributed by atoms with Crippen molar-refractivity contribution in [2.45, 2.75) is 19.4 Å². The van der Waals surface area contributed by atoms with E-state index in [0.717, 1.165) is 29.6 Å². The molecule has 0 saturated heterocycles. The second kappa shape index (κ2) is 7.29. The molecule has 0 atom stereocenters. The molecule has 2 nitrogen and oxygen atoms in total. The van der Waals surface area contributed by atoms with E-state index in [9.17, 15) is 0 Å². The van der Waals surface area contributed by atoms with Gasteiger partial charge in [0.15, 0.2) is 0 Å². The van der Waals surface area contributed by atoms with Crippen molar-refractivity contribution in [2.75, 3.05) is 6.61 Å². The van der Waals surface area contributed by atoms with E-state index in [2.05, 4.69) is 33.0 Å². The lowest BCUT2D eigenvalue weighted by Gasteiger charge is -2.04. The highest BCUT2D eigenvalue weighted by Crippen LogP contribution is 2.09. The predicted molar refractivity (Wildman–Crippen MR) is 76.4 cm³/mol. The smallest absolute Gasteiger partial charge is 0.0716 e. The van der Waals surface area contributed by atoms with E-state index < -0.39 is 0 Å². The van der Waals surface area contributed by atoms with Crippen LogP contribution < -0.4 is 0 Å². The van der Waals surface area contributed by atoms with E-state index in [1.54, 1.807) is 0 Å². The molecule has 2 rings (SSSR count). The summed E-state index contributed by atoms with van der Waals surface area (Å²) in [7, 11) is 0. The fourth-order valence-electron chi connectivity index (χ4n) is 1.67. The molecule has 0 fully saturated rings. The molecule has 0 saturated carbocycles. The number of aromatic nitrogens is 1. The maximum Gasteiger partial charge on any atom is 0.0716 e. The molecule has 3 heteroatoms. The Balaban J connectivity index is 1.63. The van der Waals surface area contributed by atoms with Gasteiger partial charge in [-0.2, -0.15) is 0 Å². The monoisotopic (exact) mass is 305 g/mol. The molecule has 0 aliphatic carbocycles. The average Bonchev–Trinajstić information content (AvgIpc) is 2.42. The van der Waals surface area contributed by atoms with Crippen LogP contribution >= 0.6 is 15.9 Å². The van der Waals surface area contributed by atoms with Crippen molar-refractivity contribution in [3.05, 3.63) is 64.4 Å². The van der Waals surface area contributed by atoms with Crippen molar-refractivity contribution >= 4 is 15.9 Å². The summed E-state index contributed by atoms with van der Waals surface area (Å²) >= 11 is 3.38. The molecule has 94 valence electrons. The number of benzene rings is 1. The van der Waals surface area contributed by atoms with E-state index in [1.165, 1.54) is 5.56 Å². The van der Waals surface area contributed by atoms with Gasteiger partial charge in [0.25, 0.3) is 0 Å². The number of hydrogen-bond donors (Lipinski definition) is 0. The number of pyridine rings is 1. The molecule has 1 aromatic heterocycles. The fraction of sp³-hybridized carbons (Fsp3) is 0.267. The van der Waals surface area contributed by atoms with Gasteiger partial charge in [-0.15, -0.1) is 0 Å². The molecule has 0 bridgehead atoms. The number of halogens is 1. The Morgan fingerprint density at radius 3 is 2.61 bits per heavy atom. The van der Waals surface area contributed by atoms with Crippen LogP contribution in [-0.2, 0) is 17.8 Å². The van der Waals surface area contributed by atoms with Gasteiger partial charge in [-0.3, -0.25) is 4.98 Å². The van der Waals surface area contributed by atoms with Crippen molar-refractivity contribution in [2.24, 2.45) is 0 Å². The number of ether oxygens (including phenoxy) is 1. The van der Waals surface area contributed by atoms with E-state index in [1.807, 2.05) is 36.5 Å². The van der Waals surface area contributed by atoms with E-state index in [-0.39, 0.29) is 0 Å². The molecule has 0 amide bonds. The highest BCUT2D eigenvalue weighted by molar-refractivity contribution is 9.10. The summed E-state index contributed by atoms with van der Waals surface area (Å²) < 4.78 is 6.65. The molecule has 0 N–H and O–H groups in total. The zero-order valence-corrected chi connectivity index (χ0v) is 11.8. The SMILES string of the molecule is Brc1ccc(CCCOCc2ccccc2)nc1. The van der Waals surface area contributed by atoms with Crippen molar-refractivity contribution in [3.8, 4) is 0 Å². The third kappa shape index (κ3) is 4.59. The molecule has 0 radical (unpaired) electrons. The van der Waals surface area contributed by atoms with Crippen molar-refractivity contribution in [3.63, 3.8) is 0 Å². The first-order valence-corrected chi connectivity index (χ1v) is 6.86. The van der Waals surface area contributed by atoms with Crippen LogP contribution in [0.3, 0.4) is 0 Å². The fourth-order valence-corrected chi connectivity index (χ4v) is 1.91. The van der Waals surface area contributed by atoms with Crippen LogP contribution in [0, 0.1) is 0 Å². The van der Waals surface area contributed by atoms with Gasteiger partial charge < -0.3 is 4.74 Å². The molecule has 0 aliphatic heterocycles. The molecule has 0 unspecified atom stereocenters.